The molecule has 0 aliphatic rings. The van der Waals surface area contributed by atoms with Crippen molar-refractivity contribution in [3.63, 3.8) is 0 Å². The molecule has 3 rings (SSSR count). The largest absolute Gasteiger partial charge is 0.417 e. The maximum atomic E-state index is 13.7. The molecule has 3 aromatic rings. The van der Waals surface area contributed by atoms with Gasteiger partial charge in [-0.25, -0.2) is 9.67 Å². The number of anilines is 1. The highest BCUT2D eigenvalue weighted by molar-refractivity contribution is 6.40. The van der Waals surface area contributed by atoms with E-state index in [1.807, 2.05) is 0 Å². The fraction of sp³-hybridized carbons (Fsp3) is 0.294. The first kappa shape index (κ1) is 20.0. The van der Waals surface area contributed by atoms with Gasteiger partial charge in [-0.2, -0.15) is 13.2 Å². The number of rotatable bonds is 3. The summed E-state index contributed by atoms with van der Waals surface area (Å²) in [5, 5.41) is 7.45. The average Bonchev–Trinajstić information content (AvgIpc) is 2.89. The van der Waals surface area contributed by atoms with Crippen molar-refractivity contribution in [2.75, 3.05) is 12.4 Å². The van der Waals surface area contributed by atoms with Gasteiger partial charge in [0.1, 0.15) is 11.5 Å². The number of nitrogens with one attached hydrogen (secondary N) is 1. The summed E-state index contributed by atoms with van der Waals surface area (Å²) < 4.78 is 42.4. The lowest BCUT2D eigenvalue weighted by Crippen LogP contribution is -2.09. The molecule has 1 N–H and O–H groups in total. The number of hydrogen-bond donors (Lipinski definition) is 1. The van der Waals surface area contributed by atoms with Gasteiger partial charge in [0.15, 0.2) is 5.65 Å². The van der Waals surface area contributed by atoms with Gasteiger partial charge in [0, 0.05) is 17.8 Å². The Morgan fingerprint density at radius 1 is 1.07 bits per heavy atom. The van der Waals surface area contributed by atoms with Gasteiger partial charge >= 0.3 is 6.18 Å². The van der Waals surface area contributed by atoms with Gasteiger partial charge in [0.25, 0.3) is 0 Å². The smallest absolute Gasteiger partial charge is 0.372 e. The SMILES string of the molecule is CNc1c2c(C(F)(F)F)cc(C(C)C)nc2nn1-c1c(Cl)cc(Cl)cc1Cl. The van der Waals surface area contributed by atoms with Crippen LogP contribution in [0, 0.1) is 0 Å². The molecule has 0 saturated carbocycles. The molecule has 0 amide bonds. The molecule has 2 heterocycles. The summed E-state index contributed by atoms with van der Waals surface area (Å²) in [5.41, 5.74) is -0.382. The topological polar surface area (TPSA) is 42.7 Å². The number of hydrogen-bond acceptors (Lipinski definition) is 3. The first-order valence-electron chi connectivity index (χ1n) is 7.88. The van der Waals surface area contributed by atoms with Crippen molar-refractivity contribution in [2.45, 2.75) is 25.9 Å². The second kappa shape index (κ2) is 7.04. The van der Waals surface area contributed by atoms with E-state index < -0.39 is 11.7 Å². The zero-order valence-corrected chi connectivity index (χ0v) is 16.7. The van der Waals surface area contributed by atoms with Crippen LogP contribution in [0.4, 0.5) is 19.0 Å². The van der Waals surface area contributed by atoms with E-state index in [0.717, 1.165) is 6.07 Å². The average molecular weight is 438 g/mol. The molecule has 0 unspecified atom stereocenters. The van der Waals surface area contributed by atoms with Crippen LogP contribution in [0.2, 0.25) is 15.1 Å². The minimum atomic E-state index is -4.59. The summed E-state index contributed by atoms with van der Waals surface area (Å²) in [6, 6.07) is 3.92. The Labute approximate surface area is 168 Å². The van der Waals surface area contributed by atoms with E-state index in [1.165, 1.54) is 23.9 Å². The highest BCUT2D eigenvalue weighted by atomic mass is 35.5. The van der Waals surface area contributed by atoms with E-state index >= 15 is 0 Å². The summed E-state index contributed by atoms with van der Waals surface area (Å²) in [7, 11) is 1.49. The predicted octanol–water partition coefficient (Wildman–Crippen LogP) is 6.56. The predicted molar refractivity (Wildman–Crippen MR) is 103 cm³/mol. The highest BCUT2D eigenvalue weighted by Crippen LogP contribution is 2.41. The summed E-state index contributed by atoms with van der Waals surface area (Å²) in [6.07, 6.45) is -4.59. The van der Waals surface area contributed by atoms with Gasteiger partial charge in [0.2, 0.25) is 0 Å². The molecule has 4 nitrogen and oxygen atoms in total. The van der Waals surface area contributed by atoms with Crippen LogP contribution in [0.25, 0.3) is 16.7 Å². The van der Waals surface area contributed by atoms with E-state index in [-0.39, 0.29) is 44.2 Å². The van der Waals surface area contributed by atoms with Crippen molar-refractivity contribution >= 4 is 51.7 Å². The molecule has 27 heavy (non-hydrogen) atoms. The molecule has 0 radical (unpaired) electrons. The number of aromatic nitrogens is 3. The highest BCUT2D eigenvalue weighted by Gasteiger charge is 2.36. The molecule has 2 aromatic heterocycles. The Bertz CT molecular complexity index is 1010. The number of benzene rings is 1. The van der Waals surface area contributed by atoms with Crippen molar-refractivity contribution in [3.8, 4) is 5.69 Å². The molecule has 0 aliphatic heterocycles. The van der Waals surface area contributed by atoms with Crippen LogP contribution in [0.1, 0.15) is 31.0 Å². The molecule has 0 spiro atoms. The van der Waals surface area contributed by atoms with Crippen LogP contribution in [0.5, 0.6) is 0 Å². The molecule has 0 aliphatic carbocycles. The Morgan fingerprint density at radius 3 is 2.15 bits per heavy atom. The van der Waals surface area contributed by atoms with Gasteiger partial charge in [0.05, 0.1) is 21.0 Å². The number of halogens is 6. The van der Waals surface area contributed by atoms with Crippen LogP contribution in [0.3, 0.4) is 0 Å². The molecular weight excluding hydrogens is 424 g/mol. The van der Waals surface area contributed by atoms with Crippen molar-refractivity contribution < 1.29 is 13.2 Å². The van der Waals surface area contributed by atoms with E-state index in [4.69, 9.17) is 34.8 Å². The first-order valence-corrected chi connectivity index (χ1v) is 9.01. The third kappa shape index (κ3) is 3.56. The normalized spacial score (nSPS) is 12.2. The Morgan fingerprint density at radius 2 is 1.67 bits per heavy atom. The van der Waals surface area contributed by atoms with Crippen LogP contribution in [-0.4, -0.2) is 21.8 Å². The maximum Gasteiger partial charge on any atom is 0.417 e. The van der Waals surface area contributed by atoms with Crippen LogP contribution in [0.15, 0.2) is 18.2 Å². The van der Waals surface area contributed by atoms with Crippen molar-refractivity contribution in [2.24, 2.45) is 0 Å². The van der Waals surface area contributed by atoms with Crippen LogP contribution >= 0.6 is 34.8 Å². The van der Waals surface area contributed by atoms with Gasteiger partial charge in [-0.1, -0.05) is 48.7 Å². The lowest BCUT2D eigenvalue weighted by Gasteiger charge is -2.14. The number of pyridine rings is 1. The maximum absolute atomic E-state index is 13.7. The monoisotopic (exact) mass is 436 g/mol. The molecule has 0 atom stereocenters. The third-order valence-electron chi connectivity index (χ3n) is 3.99. The van der Waals surface area contributed by atoms with E-state index in [0.29, 0.717) is 5.02 Å². The van der Waals surface area contributed by atoms with Crippen molar-refractivity contribution in [1.29, 1.82) is 0 Å². The quantitative estimate of drug-likeness (QED) is 0.504. The number of nitrogens with zero attached hydrogens (tertiary/aromatic N) is 3. The second-order valence-electron chi connectivity index (χ2n) is 6.17. The summed E-state index contributed by atoms with van der Waals surface area (Å²) in [4.78, 5) is 4.30. The van der Waals surface area contributed by atoms with E-state index in [1.54, 1.807) is 13.8 Å². The van der Waals surface area contributed by atoms with Gasteiger partial charge in [-0.05, 0) is 24.1 Å². The minimum absolute atomic E-state index is 0.0556. The number of fused-ring (bicyclic) bond motifs is 1. The van der Waals surface area contributed by atoms with E-state index in [2.05, 4.69) is 15.4 Å². The molecule has 144 valence electrons. The molecular formula is C17H14Cl3F3N4. The summed E-state index contributed by atoms with van der Waals surface area (Å²) >= 11 is 18.4. The van der Waals surface area contributed by atoms with Gasteiger partial charge in [-0.3, -0.25) is 0 Å². The summed E-state index contributed by atoms with van der Waals surface area (Å²) in [6.45, 7) is 3.52. The lowest BCUT2D eigenvalue weighted by atomic mass is 10.0. The Hall–Kier alpha value is -1.70. The minimum Gasteiger partial charge on any atom is -0.372 e. The van der Waals surface area contributed by atoms with Crippen molar-refractivity contribution in [3.05, 3.63) is 44.5 Å². The Balaban J connectivity index is 2.44. The van der Waals surface area contributed by atoms with Gasteiger partial charge in [-0.15, -0.1) is 5.10 Å². The van der Waals surface area contributed by atoms with Gasteiger partial charge < -0.3 is 5.32 Å². The molecule has 0 bridgehead atoms. The molecule has 10 heteroatoms. The van der Waals surface area contributed by atoms with Crippen LogP contribution in [-0.2, 0) is 6.18 Å². The third-order valence-corrected chi connectivity index (χ3v) is 4.79. The van der Waals surface area contributed by atoms with Crippen LogP contribution < -0.4 is 5.32 Å². The molecule has 1 aromatic carbocycles. The zero-order valence-electron chi connectivity index (χ0n) is 14.4. The lowest BCUT2D eigenvalue weighted by molar-refractivity contribution is -0.136. The molecule has 0 fully saturated rings. The molecule has 0 saturated heterocycles. The Kier molecular flexibility index (Phi) is 5.22. The van der Waals surface area contributed by atoms with Crippen molar-refractivity contribution in [1.82, 2.24) is 14.8 Å². The second-order valence-corrected chi connectivity index (χ2v) is 7.43. The first-order chi connectivity index (χ1) is 12.5. The van der Waals surface area contributed by atoms with E-state index in [9.17, 15) is 13.2 Å². The fourth-order valence-electron chi connectivity index (χ4n) is 2.76. The standard InChI is InChI=1S/C17H14Cl3F3N4/c1-7(2)12-6-9(17(21,22)23)13-15(25-12)26-27(16(13)24-3)14-10(19)4-8(18)5-11(14)20/h4-7,24H,1-3H3. The zero-order chi connectivity index (χ0) is 20.1. The number of alkyl halides is 3. The summed E-state index contributed by atoms with van der Waals surface area (Å²) in [5.74, 6) is -0.132. The fourth-order valence-corrected chi connectivity index (χ4v) is 3.73.